The Kier molecular flexibility index (Phi) is 3.68. The minimum Gasteiger partial charge on any atom is -0.0853 e. The molecule has 0 spiro atoms. The van der Waals surface area contributed by atoms with Crippen LogP contribution in [-0.2, 0) is 0 Å². The molecule has 64 valence electrons. The first kappa shape index (κ1) is 8.83. The van der Waals surface area contributed by atoms with Crippen molar-refractivity contribution >= 4 is 0 Å². The van der Waals surface area contributed by atoms with E-state index in [2.05, 4.69) is 19.9 Å². The van der Waals surface area contributed by atoms with Crippen molar-refractivity contribution in [3.8, 4) is 0 Å². The lowest BCUT2D eigenvalue weighted by Crippen LogP contribution is -1.80. The third-order valence-corrected chi connectivity index (χ3v) is 2.56. The van der Waals surface area contributed by atoms with Crippen LogP contribution in [-0.4, -0.2) is 0 Å². The van der Waals surface area contributed by atoms with Crippen LogP contribution in [0.2, 0.25) is 0 Å². The SMILES string of the molecule is CCCC/C=C1\CCC(C)C1. The third kappa shape index (κ3) is 3.09. The maximum Gasteiger partial charge on any atom is -0.0294 e. The lowest BCUT2D eigenvalue weighted by Gasteiger charge is -1.96. The Bertz CT molecular complexity index is 133. The van der Waals surface area contributed by atoms with Gasteiger partial charge in [0, 0.05) is 0 Å². The molecule has 0 aliphatic heterocycles. The van der Waals surface area contributed by atoms with Gasteiger partial charge in [0.15, 0.2) is 0 Å². The first-order valence-electron chi connectivity index (χ1n) is 5.00. The molecule has 0 amide bonds. The minimum absolute atomic E-state index is 0.961. The zero-order valence-electron chi connectivity index (χ0n) is 7.90. The fourth-order valence-electron chi connectivity index (χ4n) is 1.78. The Hall–Kier alpha value is -0.260. The highest BCUT2D eigenvalue weighted by Gasteiger charge is 2.13. The van der Waals surface area contributed by atoms with Gasteiger partial charge in [0.25, 0.3) is 0 Å². The van der Waals surface area contributed by atoms with E-state index < -0.39 is 0 Å². The summed E-state index contributed by atoms with van der Waals surface area (Å²) >= 11 is 0. The van der Waals surface area contributed by atoms with Crippen LogP contribution in [0.15, 0.2) is 11.6 Å². The van der Waals surface area contributed by atoms with Crippen LogP contribution in [0.5, 0.6) is 0 Å². The summed E-state index contributed by atoms with van der Waals surface area (Å²) in [5.74, 6) is 0.961. The number of rotatable bonds is 3. The molecule has 0 saturated heterocycles. The summed E-state index contributed by atoms with van der Waals surface area (Å²) in [6.45, 7) is 4.62. The number of allylic oxidation sites excluding steroid dienone is 2. The Morgan fingerprint density at radius 2 is 2.36 bits per heavy atom. The molecule has 1 aliphatic rings. The smallest absolute Gasteiger partial charge is 0.0294 e. The summed E-state index contributed by atoms with van der Waals surface area (Å²) in [6, 6.07) is 0. The molecule has 0 N–H and O–H groups in total. The fraction of sp³-hybridized carbons (Fsp3) is 0.818. The zero-order chi connectivity index (χ0) is 8.10. The van der Waals surface area contributed by atoms with E-state index in [0.717, 1.165) is 5.92 Å². The van der Waals surface area contributed by atoms with Gasteiger partial charge < -0.3 is 0 Å². The topological polar surface area (TPSA) is 0 Å². The highest BCUT2D eigenvalue weighted by atomic mass is 14.2. The van der Waals surface area contributed by atoms with Gasteiger partial charge in [0.1, 0.15) is 0 Å². The summed E-state index contributed by atoms with van der Waals surface area (Å²) in [4.78, 5) is 0. The second-order valence-corrected chi connectivity index (χ2v) is 3.85. The van der Waals surface area contributed by atoms with Crippen LogP contribution in [0.3, 0.4) is 0 Å². The molecule has 1 rings (SSSR count). The molecule has 1 atom stereocenters. The van der Waals surface area contributed by atoms with Crippen molar-refractivity contribution in [1.82, 2.24) is 0 Å². The third-order valence-electron chi connectivity index (χ3n) is 2.56. The van der Waals surface area contributed by atoms with E-state index >= 15 is 0 Å². The van der Waals surface area contributed by atoms with Crippen molar-refractivity contribution in [1.29, 1.82) is 0 Å². The number of unbranched alkanes of at least 4 members (excludes halogenated alkanes) is 2. The molecule has 0 aromatic rings. The Morgan fingerprint density at radius 1 is 1.55 bits per heavy atom. The summed E-state index contributed by atoms with van der Waals surface area (Å²) in [7, 11) is 0. The summed E-state index contributed by atoms with van der Waals surface area (Å²) < 4.78 is 0. The van der Waals surface area contributed by atoms with Gasteiger partial charge in [0.05, 0.1) is 0 Å². The monoisotopic (exact) mass is 152 g/mol. The predicted molar refractivity (Wildman–Crippen MR) is 50.6 cm³/mol. The van der Waals surface area contributed by atoms with E-state index in [1.165, 1.54) is 38.5 Å². The van der Waals surface area contributed by atoms with Gasteiger partial charge in [-0.05, 0) is 31.6 Å². The van der Waals surface area contributed by atoms with Gasteiger partial charge in [-0.15, -0.1) is 0 Å². The molecular weight excluding hydrogens is 132 g/mol. The molecule has 0 bridgehead atoms. The van der Waals surface area contributed by atoms with E-state index in [4.69, 9.17) is 0 Å². The van der Waals surface area contributed by atoms with Crippen LogP contribution < -0.4 is 0 Å². The Morgan fingerprint density at radius 3 is 2.91 bits per heavy atom. The highest BCUT2D eigenvalue weighted by Crippen LogP contribution is 2.29. The fourth-order valence-corrected chi connectivity index (χ4v) is 1.78. The molecule has 1 fully saturated rings. The molecule has 0 radical (unpaired) electrons. The Balaban J connectivity index is 2.19. The molecule has 0 aromatic carbocycles. The number of hydrogen-bond donors (Lipinski definition) is 0. The van der Waals surface area contributed by atoms with E-state index in [0.29, 0.717) is 0 Å². The van der Waals surface area contributed by atoms with E-state index in [1.807, 2.05) is 0 Å². The molecule has 1 aliphatic carbocycles. The van der Waals surface area contributed by atoms with Gasteiger partial charge in [0.2, 0.25) is 0 Å². The van der Waals surface area contributed by atoms with Crippen molar-refractivity contribution < 1.29 is 0 Å². The van der Waals surface area contributed by atoms with Crippen LogP contribution in [0, 0.1) is 5.92 Å². The van der Waals surface area contributed by atoms with E-state index in [1.54, 1.807) is 5.57 Å². The van der Waals surface area contributed by atoms with Gasteiger partial charge >= 0.3 is 0 Å². The average molecular weight is 152 g/mol. The van der Waals surface area contributed by atoms with Crippen LogP contribution in [0.1, 0.15) is 52.4 Å². The first-order valence-corrected chi connectivity index (χ1v) is 5.00. The maximum atomic E-state index is 2.48. The lowest BCUT2D eigenvalue weighted by molar-refractivity contribution is 0.620. The van der Waals surface area contributed by atoms with Crippen molar-refractivity contribution in [3.05, 3.63) is 11.6 Å². The second kappa shape index (κ2) is 4.58. The first-order chi connectivity index (χ1) is 5.33. The molecular formula is C11H20. The standard InChI is InChI=1S/C11H20/c1-3-4-5-6-11-8-7-10(2)9-11/h6,10H,3-5,7-9H2,1-2H3/b11-6+. The van der Waals surface area contributed by atoms with Crippen LogP contribution >= 0.6 is 0 Å². The van der Waals surface area contributed by atoms with Gasteiger partial charge in [-0.25, -0.2) is 0 Å². The highest BCUT2D eigenvalue weighted by molar-refractivity contribution is 5.07. The average Bonchev–Trinajstić information content (AvgIpc) is 2.37. The second-order valence-electron chi connectivity index (χ2n) is 3.85. The molecule has 0 nitrogen and oxygen atoms in total. The van der Waals surface area contributed by atoms with Crippen molar-refractivity contribution in [2.45, 2.75) is 52.4 Å². The van der Waals surface area contributed by atoms with Crippen LogP contribution in [0.25, 0.3) is 0 Å². The summed E-state index contributed by atoms with van der Waals surface area (Å²) in [6.07, 6.45) is 10.7. The van der Waals surface area contributed by atoms with Gasteiger partial charge in [-0.1, -0.05) is 38.3 Å². The molecule has 11 heavy (non-hydrogen) atoms. The quantitative estimate of drug-likeness (QED) is 0.424. The molecule has 0 heteroatoms. The largest absolute Gasteiger partial charge is 0.0853 e. The Labute approximate surface area is 70.7 Å². The van der Waals surface area contributed by atoms with E-state index in [-0.39, 0.29) is 0 Å². The minimum atomic E-state index is 0.961. The molecule has 1 saturated carbocycles. The number of hydrogen-bond acceptors (Lipinski definition) is 0. The normalized spacial score (nSPS) is 28.2. The summed E-state index contributed by atoms with van der Waals surface area (Å²) in [5, 5.41) is 0. The summed E-state index contributed by atoms with van der Waals surface area (Å²) in [5.41, 5.74) is 1.73. The van der Waals surface area contributed by atoms with Crippen molar-refractivity contribution in [2.75, 3.05) is 0 Å². The van der Waals surface area contributed by atoms with Crippen LogP contribution in [0.4, 0.5) is 0 Å². The predicted octanol–water partition coefficient (Wildman–Crippen LogP) is 3.92. The molecule has 1 unspecified atom stereocenters. The maximum absolute atomic E-state index is 2.48. The van der Waals surface area contributed by atoms with Crippen molar-refractivity contribution in [2.24, 2.45) is 5.92 Å². The van der Waals surface area contributed by atoms with Crippen molar-refractivity contribution in [3.63, 3.8) is 0 Å². The van der Waals surface area contributed by atoms with E-state index in [9.17, 15) is 0 Å². The lowest BCUT2D eigenvalue weighted by atomic mass is 10.1. The van der Waals surface area contributed by atoms with Gasteiger partial charge in [-0.3, -0.25) is 0 Å². The molecule has 0 aromatic heterocycles. The molecule has 0 heterocycles. The zero-order valence-corrected chi connectivity index (χ0v) is 7.90. The van der Waals surface area contributed by atoms with Gasteiger partial charge in [-0.2, -0.15) is 0 Å².